The Labute approximate surface area is 139 Å². The highest BCUT2D eigenvalue weighted by atomic mass is 19.3. The van der Waals surface area contributed by atoms with Crippen LogP contribution in [-0.4, -0.2) is 26.2 Å². The normalized spacial score (nSPS) is 12.2. The Bertz CT molecular complexity index is 459. The molecule has 2 N–H and O–H groups in total. The molecule has 3 nitrogen and oxygen atoms in total. The summed E-state index contributed by atoms with van der Waals surface area (Å²) in [5.74, 6) is -1.41. The molecule has 0 aromatic heterocycles. The van der Waals surface area contributed by atoms with Crippen molar-refractivity contribution < 1.29 is 18.3 Å². The van der Waals surface area contributed by atoms with Crippen LogP contribution in [0.4, 0.5) is 8.78 Å². The summed E-state index contributed by atoms with van der Waals surface area (Å²) in [6, 6.07) is 3.66. The minimum absolute atomic E-state index is 0.0365. The predicted molar refractivity (Wildman–Crippen MR) is 91.8 cm³/mol. The Kier molecular flexibility index (Phi) is 9.80. The van der Waals surface area contributed by atoms with Crippen LogP contribution in [0.1, 0.15) is 51.7 Å². The molecular weight excluding hydrogens is 300 g/mol. The molecule has 0 bridgehead atoms. The topological polar surface area (TPSA) is 44.5 Å². The Morgan fingerprint density at radius 1 is 1.09 bits per heavy atom. The zero-order valence-corrected chi connectivity index (χ0v) is 15.2. The highest BCUT2D eigenvalue weighted by Gasteiger charge is 2.22. The maximum Gasteiger partial charge on any atom is 0.245 e. The zero-order valence-electron chi connectivity index (χ0n) is 15.2. The van der Waals surface area contributed by atoms with Crippen molar-refractivity contribution in [1.29, 1.82) is 0 Å². The van der Waals surface area contributed by atoms with Crippen LogP contribution in [0.2, 0.25) is 0 Å². The third-order valence-electron chi connectivity index (χ3n) is 3.52. The summed E-state index contributed by atoms with van der Waals surface area (Å²) in [5.41, 5.74) is 7.65. The average Bonchev–Trinajstić information content (AvgIpc) is 2.53. The maximum absolute atomic E-state index is 13.0. The van der Waals surface area contributed by atoms with Crippen LogP contribution in [0.5, 0.6) is 11.5 Å². The van der Waals surface area contributed by atoms with Gasteiger partial charge in [-0.3, -0.25) is 0 Å². The van der Waals surface area contributed by atoms with Crippen LogP contribution in [0, 0.1) is 0 Å². The van der Waals surface area contributed by atoms with E-state index >= 15 is 0 Å². The van der Waals surface area contributed by atoms with E-state index in [1.807, 2.05) is 26.8 Å². The van der Waals surface area contributed by atoms with Gasteiger partial charge in [-0.1, -0.05) is 20.8 Å². The van der Waals surface area contributed by atoms with E-state index < -0.39 is 5.92 Å². The van der Waals surface area contributed by atoms with Gasteiger partial charge in [0.1, 0.15) is 11.5 Å². The van der Waals surface area contributed by atoms with E-state index in [9.17, 15) is 8.78 Å². The Morgan fingerprint density at radius 3 is 2.00 bits per heavy atom. The van der Waals surface area contributed by atoms with Crippen molar-refractivity contribution in [1.82, 2.24) is 0 Å². The lowest BCUT2D eigenvalue weighted by Gasteiger charge is -2.18. The monoisotopic (exact) mass is 331 g/mol. The number of ether oxygens (including phenoxy) is 2. The third-order valence-corrected chi connectivity index (χ3v) is 3.52. The molecule has 0 aliphatic carbocycles. The summed E-state index contributed by atoms with van der Waals surface area (Å²) in [4.78, 5) is 0. The lowest BCUT2D eigenvalue weighted by molar-refractivity contribution is 0.0132. The van der Waals surface area contributed by atoms with Gasteiger partial charge in [0.05, 0.1) is 14.2 Å². The summed E-state index contributed by atoms with van der Waals surface area (Å²) < 4.78 is 36.8. The number of methoxy groups -OCH3 is 2. The van der Waals surface area contributed by atoms with Crippen molar-refractivity contribution in [3.8, 4) is 11.5 Å². The molecule has 1 unspecified atom stereocenters. The lowest BCUT2D eigenvalue weighted by Crippen LogP contribution is -2.21. The van der Waals surface area contributed by atoms with E-state index in [1.165, 1.54) is 0 Å². The Morgan fingerprint density at radius 2 is 1.57 bits per heavy atom. The lowest BCUT2D eigenvalue weighted by atomic mass is 9.98. The summed E-state index contributed by atoms with van der Waals surface area (Å²) >= 11 is 0. The van der Waals surface area contributed by atoms with E-state index in [4.69, 9.17) is 15.2 Å². The van der Waals surface area contributed by atoms with Crippen LogP contribution in [0.15, 0.2) is 12.1 Å². The summed E-state index contributed by atoms with van der Waals surface area (Å²) in [5, 5.41) is 0. The summed E-state index contributed by atoms with van der Waals surface area (Å²) in [6.45, 7) is 6.94. The zero-order chi connectivity index (χ0) is 18.0. The van der Waals surface area contributed by atoms with Crippen molar-refractivity contribution >= 4 is 0 Å². The van der Waals surface area contributed by atoms with Crippen molar-refractivity contribution in [2.24, 2.45) is 5.73 Å². The first-order valence-corrected chi connectivity index (χ1v) is 8.18. The molecule has 0 saturated carbocycles. The van der Waals surface area contributed by atoms with Crippen molar-refractivity contribution in [2.75, 3.05) is 14.2 Å². The van der Waals surface area contributed by atoms with Gasteiger partial charge >= 0.3 is 0 Å². The SMILES string of the molecule is CC.CCC(N)Cc1cc(OC)c(CCC(C)(F)F)cc1OC. The highest BCUT2D eigenvalue weighted by Crippen LogP contribution is 2.32. The van der Waals surface area contributed by atoms with Crippen molar-refractivity contribution in [3.63, 3.8) is 0 Å². The number of rotatable bonds is 8. The van der Waals surface area contributed by atoms with Gasteiger partial charge in [0.2, 0.25) is 5.92 Å². The summed E-state index contributed by atoms with van der Waals surface area (Å²) in [6.07, 6.45) is 1.54. The molecule has 0 saturated heterocycles. The quantitative estimate of drug-likeness (QED) is 0.757. The van der Waals surface area contributed by atoms with E-state index in [2.05, 4.69) is 0 Å². The first-order chi connectivity index (χ1) is 10.8. The standard InChI is InChI=1S/C16H25F2NO2.C2H6/c1-5-13(19)8-12-10-14(20-3)11(9-15(12)21-4)6-7-16(2,17)18;1-2/h9-10,13H,5-8,19H2,1-4H3;1-2H3. The van der Waals surface area contributed by atoms with Gasteiger partial charge in [-0.2, -0.15) is 0 Å². The molecule has 5 heteroatoms. The van der Waals surface area contributed by atoms with Crippen molar-refractivity contribution in [3.05, 3.63) is 23.3 Å². The molecule has 23 heavy (non-hydrogen) atoms. The molecule has 1 aromatic rings. The largest absolute Gasteiger partial charge is 0.496 e. The van der Waals surface area contributed by atoms with Crippen LogP contribution >= 0.6 is 0 Å². The first kappa shape index (κ1) is 21.6. The second kappa shape index (κ2) is 10.4. The average molecular weight is 331 g/mol. The predicted octanol–water partition coefficient (Wildman–Crippen LogP) is 4.60. The van der Waals surface area contributed by atoms with E-state index in [0.29, 0.717) is 17.9 Å². The molecule has 0 spiro atoms. The second-order valence-electron chi connectivity index (χ2n) is 5.42. The van der Waals surface area contributed by atoms with Gasteiger partial charge in [-0.25, -0.2) is 8.78 Å². The highest BCUT2D eigenvalue weighted by molar-refractivity contribution is 5.47. The Balaban J connectivity index is 0.00000232. The van der Waals surface area contributed by atoms with E-state index in [1.54, 1.807) is 20.3 Å². The minimum Gasteiger partial charge on any atom is -0.496 e. The van der Waals surface area contributed by atoms with Crippen LogP contribution < -0.4 is 15.2 Å². The van der Waals surface area contributed by atoms with Gasteiger partial charge in [0, 0.05) is 12.5 Å². The van der Waals surface area contributed by atoms with E-state index in [0.717, 1.165) is 24.5 Å². The second-order valence-corrected chi connectivity index (χ2v) is 5.42. The number of halogens is 2. The number of benzene rings is 1. The smallest absolute Gasteiger partial charge is 0.245 e. The van der Waals surface area contributed by atoms with Gasteiger partial charge in [0.15, 0.2) is 0 Å². The molecule has 1 aromatic carbocycles. The molecule has 0 aliphatic heterocycles. The fourth-order valence-electron chi connectivity index (χ4n) is 2.16. The van der Waals surface area contributed by atoms with Crippen LogP contribution in [-0.2, 0) is 12.8 Å². The number of alkyl halides is 2. The minimum atomic E-state index is -2.69. The molecular formula is C18H31F2NO2. The first-order valence-electron chi connectivity index (χ1n) is 8.18. The summed E-state index contributed by atoms with van der Waals surface area (Å²) in [7, 11) is 3.11. The number of nitrogens with two attached hydrogens (primary N) is 1. The molecule has 1 atom stereocenters. The molecule has 1 rings (SSSR count). The number of hydrogen-bond acceptors (Lipinski definition) is 3. The number of aryl methyl sites for hydroxylation is 1. The fourth-order valence-corrected chi connectivity index (χ4v) is 2.16. The van der Waals surface area contributed by atoms with Gasteiger partial charge in [-0.15, -0.1) is 0 Å². The van der Waals surface area contributed by atoms with E-state index in [-0.39, 0.29) is 18.9 Å². The van der Waals surface area contributed by atoms with Gasteiger partial charge in [-0.05, 0) is 49.4 Å². The van der Waals surface area contributed by atoms with Gasteiger partial charge in [0.25, 0.3) is 0 Å². The maximum atomic E-state index is 13.0. The number of hydrogen-bond donors (Lipinski definition) is 1. The molecule has 134 valence electrons. The third kappa shape index (κ3) is 7.64. The van der Waals surface area contributed by atoms with Crippen LogP contribution in [0.25, 0.3) is 0 Å². The van der Waals surface area contributed by atoms with Crippen LogP contribution in [0.3, 0.4) is 0 Å². The van der Waals surface area contributed by atoms with Gasteiger partial charge < -0.3 is 15.2 Å². The Hall–Kier alpha value is -1.36. The molecule has 0 fully saturated rings. The molecule has 0 radical (unpaired) electrons. The molecule has 0 amide bonds. The van der Waals surface area contributed by atoms with Crippen molar-refractivity contribution in [2.45, 2.75) is 65.3 Å². The molecule has 0 heterocycles. The fraction of sp³-hybridized carbons (Fsp3) is 0.667. The molecule has 0 aliphatic rings.